The zero-order valence-electron chi connectivity index (χ0n) is 13.4. The third kappa shape index (κ3) is 3.06. The summed E-state index contributed by atoms with van der Waals surface area (Å²) < 4.78 is 40.1. The smallest absolute Gasteiger partial charge is 0.360 e. The summed E-state index contributed by atoms with van der Waals surface area (Å²) in [7, 11) is 0. The zero-order valence-corrected chi connectivity index (χ0v) is 14.2. The molecule has 136 valence electrons. The number of rotatable bonds is 2. The number of pyridine rings is 1. The number of hydrogen-bond donors (Lipinski definition) is 2. The fourth-order valence-electron chi connectivity index (χ4n) is 2.75. The summed E-state index contributed by atoms with van der Waals surface area (Å²) in [5.74, 6) is -0.741. The van der Waals surface area contributed by atoms with Gasteiger partial charge in [-0.3, -0.25) is 14.9 Å². The molecule has 9 heteroatoms. The fraction of sp³-hybridized carbons (Fsp3) is 0.0556. The van der Waals surface area contributed by atoms with Gasteiger partial charge in [-0.1, -0.05) is 29.5 Å². The second kappa shape index (κ2) is 6.20. The van der Waals surface area contributed by atoms with E-state index in [2.05, 4.69) is 15.3 Å². The Hall–Kier alpha value is -3.20. The Morgan fingerprint density at radius 2 is 1.89 bits per heavy atom. The van der Waals surface area contributed by atoms with Gasteiger partial charge in [0, 0.05) is 11.6 Å². The van der Waals surface area contributed by atoms with Gasteiger partial charge in [0.05, 0.1) is 21.3 Å². The SMILES string of the molecule is O=C(Nc1nc2ccccc2s1)c1c[nH]c2c(C(F)(F)F)cccc2c1=O. The molecule has 0 atom stereocenters. The van der Waals surface area contributed by atoms with Crippen molar-refractivity contribution in [3.05, 3.63) is 70.0 Å². The Bertz CT molecular complexity index is 1210. The summed E-state index contributed by atoms with van der Waals surface area (Å²) in [6.45, 7) is 0. The molecule has 0 bridgehead atoms. The van der Waals surface area contributed by atoms with Crippen LogP contribution in [-0.2, 0) is 6.18 Å². The number of carbonyl (C=O) groups is 1. The van der Waals surface area contributed by atoms with Crippen LogP contribution in [0.15, 0.2) is 53.5 Å². The fourth-order valence-corrected chi connectivity index (χ4v) is 3.61. The summed E-state index contributed by atoms with van der Waals surface area (Å²) >= 11 is 1.23. The van der Waals surface area contributed by atoms with E-state index < -0.39 is 23.1 Å². The van der Waals surface area contributed by atoms with Crippen LogP contribution in [0.2, 0.25) is 0 Å². The Kier molecular flexibility index (Phi) is 3.96. The Morgan fingerprint density at radius 1 is 1.11 bits per heavy atom. The van der Waals surface area contributed by atoms with Gasteiger partial charge in [0.1, 0.15) is 5.56 Å². The minimum Gasteiger partial charge on any atom is -0.360 e. The highest BCUT2D eigenvalue weighted by atomic mass is 32.1. The number of carbonyl (C=O) groups excluding carboxylic acids is 1. The molecule has 2 aromatic heterocycles. The third-order valence-electron chi connectivity index (χ3n) is 3.98. The van der Waals surface area contributed by atoms with E-state index in [4.69, 9.17) is 0 Å². The van der Waals surface area contributed by atoms with Gasteiger partial charge in [-0.25, -0.2) is 4.98 Å². The summed E-state index contributed by atoms with van der Waals surface area (Å²) in [6.07, 6.45) is -3.63. The number of nitrogens with one attached hydrogen (secondary N) is 2. The zero-order chi connectivity index (χ0) is 19.2. The molecule has 0 spiro atoms. The van der Waals surface area contributed by atoms with Crippen molar-refractivity contribution in [2.75, 3.05) is 5.32 Å². The molecule has 2 aromatic carbocycles. The van der Waals surface area contributed by atoms with E-state index in [1.165, 1.54) is 17.4 Å². The lowest BCUT2D eigenvalue weighted by molar-refractivity contribution is -0.136. The predicted octanol–water partition coefficient (Wildman–Crippen LogP) is 4.41. The maximum Gasteiger partial charge on any atom is 0.418 e. The third-order valence-corrected chi connectivity index (χ3v) is 4.93. The number of H-pyrrole nitrogens is 1. The van der Waals surface area contributed by atoms with Crippen molar-refractivity contribution in [1.29, 1.82) is 0 Å². The average Bonchev–Trinajstić information content (AvgIpc) is 3.03. The van der Waals surface area contributed by atoms with Crippen LogP contribution in [0.5, 0.6) is 0 Å². The lowest BCUT2D eigenvalue weighted by Crippen LogP contribution is -2.22. The Balaban J connectivity index is 1.74. The molecular weight excluding hydrogens is 379 g/mol. The lowest BCUT2D eigenvalue weighted by Gasteiger charge is -2.10. The number of para-hydroxylation sites is 2. The van der Waals surface area contributed by atoms with Gasteiger partial charge in [0.15, 0.2) is 5.13 Å². The van der Waals surface area contributed by atoms with E-state index in [0.717, 1.165) is 23.0 Å². The van der Waals surface area contributed by atoms with E-state index in [1.54, 1.807) is 12.1 Å². The van der Waals surface area contributed by atoms with Crippen molar-refractivity contribution in [2.24, 2.45) is 0 Å². The van der Waals surface area contributed by atoms with Crippen LogP contribution < -0.4 is 10.7 Å². The molecular formula is C18H10F3N3O2S. The number of nitrogens with zero attached hydrogens (tertiary/aromatic N) is 1. The molecule has 0 radical (unpaired) electrons. The lowest BCUT2D eigenvalue weighted by atomic mass is 10.1. The highest BCUT2D eigenvalue weighted by Gasteiger charge is 2.33. The van der Waals surface area contributed by atoms with Crippen LogP contribution in [0.3, 0.4) is 0 Å². The van der Waals surface area contributed by atoms with E-state index in [9.17, 15) is 22.8 Å². The average molecular weight is 389 g/mol. The van der Waals surface area contributed by atoms with Gasteiger partial charge in [-0.15, -0.1) is 0 Å². The molecule has 0 unspecified atom stereocenters. The maximum atomic E-state index is 13.1. The highest BCUT2D eigenvalue weighted by Crippen LogP contribution is 2.33. The first-order valence-corrected chi connectivity index (χ1v) is 8.55. The number of hydrogen-bond acceptors (Lipinski definition) is 4. The van der Waals surface area contributed by atoms with Gasteiger partial charge in [0.2, 0.25) is 5.43 Å². The summed E-state index contributed by atoms with van der Waals surface area (Å²) in [5.41, 5.74) is -1.70. The van der Waals surface area contributed by atoms with Crippen molar-refractivity contribution in [2.45, 2.75) is 6.18 Å². The number of alkyl halides is 3. The standard InChI is InChI=1S/C18H10F3N3O2S/c19-18(20,21)11-5-3-4-9-14(11)22-8-10(15(9)25)16(26)24-17-23-12-6-1-2-7-13(12)27-17/h1-8H,(H,22,25)(H,23,24,26). The van der Waals surface area contributed by atoms with Gasteiger partial charge >= 0.3 is 6.18 Å². The van der Waals surface area contributed by atoms with Crippen molar-refractivity contribution >= 4 is 43.5 Å². The Morgan fingerprint density at radius 3 is 2.63 bits per heavy atom. The highest BCUT2D eigenvalue weighted by molar-refractivity contribution is 7.22. The molecule has 1 amide bonds. The van der Waals surface area contributed by atoms with Crippen LogP contribution >= 0.6 is 11.3 Å². The first kappa shape index (κ1) is 17.2. The van der Waals surface area contributed by atoms with Crippen molar-refractivity contribution in [3.8, 4) is 0 Å². The van der Waals surface area contributed by atoms with E-state index in [-0.39, 0.29) is 16.5 Å². The van der Waals surface area contributed by atoms with Crippen molar-refractivity contribution in [3.63, 3.8) is 0 Å². The van der Waals surface area contributed by atoms with Crippen molar-refractivity contribution in [1.82, 2.24) is 9.97 Å². The monoisotopic (exact) mass is 389 g/mol. The molecule has 27 heavy (non-hydrogen) atoms. The number of aromatic nitrogens is 2. The normalized spacial score (nSPS) is 11.8. The van der Waals surface area contributed by atoms with Gasteiger partial charge in [-0.05, 0) is 24.3 Å². The number of amides is 1. The first-order valence-electron chi connectivity index (χ1n) is 7.73. The number of fused-ring (bicyclic) bond motifs is 2. The predicted molar refractivity (Wildman–Crippen MR) is 97.1 cm³/mol. The van der Waals surface area contributed by atoms with E-state index >= 15 is 0 Å². The minimum atomic E-state index is -4.62. The second-order valence-corrected chi connectivity index (χ2v) is 6.73. The molecule has 0 aliphatic carbocycles. The molecule has 0 saturated carbocycles. The van der Waals surface area contributed by atoms with E-state index in [0.29, 0.717) is 10.6 Å². The van der Waals surface area contributed by atoms with Gasteiger partial charge in [0.25, 0.3) is 5.91 Å². The Labute approximate surface area is 153 Å². The maximum absolute atomic E-state index is 13.1. The number of thiazole rings is 1. The first-order chi connectivity index (χ1) is 12.8. The number of aromatic amines is 1. The van der Waals surface area contributed by atoms with Crippen LogP contribution in [0.1, 0.15) is 15.9 Å². The quantitative estimate of drug-likeness (QED) is 0.533. The van der Waals surface area contributed by atoms with Crippen LogP contribution in [0.4, 0.5) is 18.3 Å². The number of benzene rings is 2. The second-order valence-electron chi connectivity index (χ2n) is 5.70. The molecule has 0 saturated heterocycles. The molecule has 2 N–H and O–H groups in total. The molecule has 0 aliphatic heterocycles. The molecule has 2 heterocycles. The number of anilines is 1. The molecule has 0 aliphatic rings. The number of halogens is 3. The summed E-state index contributed by atoms with van der Waals surface area (Å²) in [5, 5.41) is 2.61. The van der Waals surface area contributed by atoms with Crippen LogP contribution in [-0.4, -0.2) is 15.9 Å². The summed E-state index contributed by atoms with van der Waals surface area (Å²) in [4.78, 5) is 31.7. The molecule has 0 fully saturated rings. The van der Waals surface area contributed by atoms with Crippen molar-refractivity contribution < 1.29 is 18.0 Å². The largest absolute Gasteiger partial charge is 0.418 e. The van der Waals surface area contributed by atoms with Crippen LogP contribution in [0.25, 0.3) is 21.1 Å². The van der Waals surface area contributed by atoms with E-state index in [1.807, 2.05) is 12.1 Å². The van der Waals surface area contributed by atoms with Gasteiger partial charge in [-0.2, -0.15) is 13.2 Å². The summed E-state index contributed by atoms with van der Waals surface area (Å²) in [6, 6.07) is 10.5. The van der Waals surface area contributed by atoms with Crippen LogP contribution in [0, 0.1) is 0 Å². The van der Waals surface area contributed by atoms with Gasteiger partial charge < -0.3 is 4.98 Å². The molecule has 4 rings (SSSR count). The minimum absolute atomic E-state index is 0.207. The molecule has 4 aromatic rings. The molecule has 5 nitrogen and oxygen atoms in total. The topological polar surface area (TPSA) is 74.8 Å².